The Balaban J connectivity index is 1.58. The molecule has 4 rings (SSSR count). The molecule has 24 heavy (non-hydrogen) atoms. The van der Waals surface area contributed by atoms with Crippen molar-refractivity contribution in [3.8, 4) is 0 Å². The minimum atomic E-state index is 0.0492. The number of likely N-dealkylation sites (tertiary alicyclic amines) is 1. The standard InChI is InChI=1S/C19H18Cl2N2O/c20-14-5-12(6-15(21)7-14)9-23-10-13-8-22-19(24)17-4-2-1-3-16(17)18(13)11-23/h1-7,13,18H,8-11H2,(H,22,24)/t13-,18-/m1/s1. The molecule has 124 valence electrons. The number of carbonyl (C=O) groups is 1. The maximum Gasteiger partial charge on any atom is 0.251 e. The third kappa shape index (κ3) is 3.04. The molecule has 0 saturated carbocycles. The molecule has 0 unspecified atom stereocenters. The van der Waals surface area contributed by atoms with E-state index < -0.39 is 0 Å². The van der Waals surface area contributed by atoms with E-state index in [1.807, 2.05) is 30.3 Å². The minimum absolute atomic E-state index is 0.0492. The number of nitrogens with one attached hydrogen (secondary N) is 1. The lowest BCUT2D eigenvalue weighted by molar-refractivity contribution is 0.0951. The summed E-state index contributed by atoms with van der Waals surface area (Å²) in [4.78, 5) is 14.7. The first-order chi connectivity index (χ1) is 11.6. The first-order valence-corrected chi connectivity index (χ1v) is 8.90. The molecular formula is C19H18Cl2N2O. The summed E-state index contributed by atoms with van der Waals surface area (Å²) in [5.74, 6) is 0.871. The van der Waals surface area contributed by atoms with Crippen molar-refractivity contribution < 1.29 is 4.79 Å². The molecule has 1 amide bonds. The highest BCUT2D eigenvalue weighted by atomic mass is 35.5. The van der Waals surface area contributed by atoms with Crippen LogP contribution in [0.25, 0.3) is 0 Å². The summed E-state index contributed by atoms with van der Waals surface area (Å²) in [5.41, 5.74) is 3.11. The van der Waals surface area contributed by atoms with Gasteiger partial charge in [0, 0.05) is 47.7 Å². The SMILES string of the molecule is O=C1NC[C@@H]2CN(Cc3cc(Cl)cc(Cl)c3)C[C@H]2c2ccccc21. The lowest BCUT2D eigenvalue weighted by Crippen LogP contribution is -2.29. The maximum atomic E-state index is 12.2. The third-order valence-corrected chi connectivity index (χ3v) is 5.41. The number of amides is 1. The fourth-order valence-electron chi connectivity index (χ4n) is 3.96. The highest BCUT2D eigenvalue weighted by molar-refractivity contribution is 6.34. The van der Waals surface area contributed by atoms with E-state index in [9.17, 15) is 4.79 Å². The van der Waals surface area contributed by atoms with E-state index in [2.05, 4.69) is 16.3 Å². The fraction of sp³-hybridized carbons (Fsp3) is 0.316. The Bertz CT molecular complexity index is 772. The number of rotatable bonds is 2. The van der Waals surface area contributed by atoms with E-state index in [1.54, 1.807) is 6.07 Å². The van der Waals surface area contributed by atoms with Crippen molar-refractivity contribution >= 4 is 29.1 Å². The molecule has 0 spiro atoms. The molecule has 0 radical (unpaired) electrons. The van der Waals surface area contributed by atoms with Crippen LogP contribution < -0.4 is 5.32 Å². The average Bonchev–Trinajstić information content (AvgIpc) is 2.89. The van der Waals surface area contributed by atoms with Gasteiger partial charge in [0.1, 0.15) is 0 Å². The van der Waals surface area contributed by atoms with Crippen LogP contribution in [0.4, 0.5) is 0 Å². The summed E-state index contributed by atoms with van der Waals surface area (Å²) in [6, 6.07) is 13.7. The summed E-state index contributed by atoms with van der Waals surface area (Å²) in [5, 5.41) is 4.41. The van der Waals surface area contributed by atoms with Crippen LogP contribution in [0.3, 0.4) is 0 Å². The van der Waals surface area contributed by atoms with Crippen molar-refractivity contribution in [1.82, 2.24) is 10.2 Å². The number of hydrogen-bond donors (Lipinski definition) is 1. The van der Waals surface area contributed by atoms with E-state index >= 15 is 0 Å². The average molecular weight is 361 g/mol. The molecular weight excluding hydrogens is 343 g/mol. The summed E-state index contributed by atoms with van der Waals surface area (Å²) in [7, 11) is 0. The van der Waals surface area contributed by atoms with Gasteiger partial charge in [-0.15, -0.1) is 0 Å². The van der Waals surface area contributed by atoms with Crippen LogP contribution in [-0.4, -0.2) is 30.4 Å². The number of carbonyl (C=O) groups excluding carboxylic acids is 1. The minimum Gasteiger partial charge on any atom is -0.352 e. The lowest BCUT2D eigenvalue weighted by atomic mass is 9.87. The van der Waals surface area contributed by atoms with E-state index in [1.165, 1.54) is 5.56 Å². The second-order valence-corrected chi connectivity index (χ2v) is 7.51. The molecule has 0 bridgehead atoms. The zero-order valence-electron chi connectivity index (χ0n) is 13.1. The summed E-state index contributed by atoms with van der Waals surface area (Å²) < 4.78 is 0. The van der Waals surface area contributed by atoms with Gasteiger partial charge in [0.15, 0.2) is 0 Å². The van der Waals surface area contributed by atoms with Crippen LogP contribution in [0, 0.1) is 5.92 Å². The predicted octanol–water partition coefficient (Wildman–Crippen LogP) is 3.95. The molecule has 2 aliphatic heterocycles. The van der Waals surface area contributed by atoms with Gasteiger partial charge in [0.05, 0.1) is 0 Å². The van der Waals surface area contributed by atoms with Crippen molar-refractivity contribution in [3.63, 3.8) is 0 Å². The predicted molar refractivity (Wildman–Crippen MR) is 96.7 cm³/mol. The zero-order valence-corrected chi connectivity index (χ0v) is 14.6. The maximum absolute atomic E-state index is 12.2. The van der Waals surface area contributed by atoms with Gasteiger partial charge in [-0.3, -0.25) is 9.69 Å². The number of hydrogen-bond acceptors (Lipinski definition) is 2. The van der Waals surface area contributed by atoms with Crippen molar-refractivity contribution in [1.29, 1.82) is 0 Å². The van der Waals surface area contributed by atoms with Crippen molar-refractivity contribution in [2.24, 2.45) is 5.92 Å². The van der Waals surface area contributed by atoms with E-state index in [-0.39, 0.29) is 5.91 Å². The van der Waals surface area contributed by atoms with Crippen LogP contribution in [0.1, 0.15) is 27.4 Å². The number of nitrogens with zero attached hydrogens (tertiary/aromatic N) is 1. The first kappa shape index (κ1) is 15.9. The Hall–Kier alpha value is -1.55. The van der Waals surface area contributed by atoms with Gasteiger partial charge in [-0.1, -0.05) is 41.4 Å². The van der Waals surface area contributed by atoms with E-state index in [4.69, 9.17) is 23.2 Å². The van der Waals surface area contributed by atoms with Crippen LogP contribution in [0.15, 0.2) is 42.5 Å². The Kier molecular flexibility index (Phi) is 4.25. The normalized spacial score (nSPS) is 23.3. The van der Waals surface area contributed by atoms with Gasteiger partial charge in [-0.2, -0.15) is 0 Å². The summed E-state index contributed by atoms with van der Waals surface area (Å²) in [6.45, 7) is 3.46. The first-order valence-electron chi connectivity index (χ1n) is 8.14. The molecule has 5 heteroatoms. The van der Waals surface area contributed by atoms with Crippen molar-refractivity contribution in [2.75, 3.05) is 19.6 Å². The molecule has 2 aromatic carbocycles. The van der Waals surface area contributed by atoms with Gasteiger partial charge in [-0.25, -0.2) is 0 Å². The molecule has 2 heterocycles. The molecule has 1 fully saturated rings. The van der Waals surface area contributed by atoms with Gasteiger partial charge in [-0.05, 0) is 41.3 Å². The van der Waals surface area contributed by atoms with E-state index in [0.29, 0.717) is 21.9 Å². The zero-order chi connectivity index (χ0) is 16.7. The van der Waals surface area contributed by atoms with Crippen molar-refractivity contribution in [2.45, 2.75) is 12.5 Å². The Morgan fingerprint density at radius 2 is 1.83 bits per heavy atom. The molecule has 3 nitrogen and oxygen atoms in total. The molecule has 1 saturated heterocycles. The summed E-state index contributed by atoms with van der Waals surface area (Å²) >= 11 is 12.2. The molecule has 2 atom stereocenters. The number of fused-ring (bicyclic) bond motifs is 3. The van der Waals surface area contributed by atoms with Crippen molar-refractivity contribution in [3.05, 3.63) is 69.2 Å². The molecule has 1 N–H and O–H groups in total. The smallest absolute Gasteiger partial charge is 0.251 e. The monoisotopic (exact) mass is 360 g/mol. The largest absolute Gasteiger partial charge is 0.352 e. The number of benzene rings is 2. The number of halogens is 2. The lowest BCUT2D eigenvalue weighted by Gasteiger charge is -2.17. The Labute approximate surface area is 151 Å². The quantitative estimate of drug-likeness (QED) is 0.879. The van der Waals surface area contributed by atoms with Crippen LogP contribution >= 0.6 is 23.2 Å². The van der Waals surface area contributed by atoms with Crippen LogP contribution in [-0.2, 0) is 6.54 Å². The second kappa shape index (κ2) is 6.40. The highest BCUT2D eigenvalue weighted by Gasteiger charge is 2.37. The molecule has 2 aromatic rings. The van der Waals surface area contributed by atoms with Gasteiger partial charge < -0.3 is 5.32 Å². The van der Waals surface area contributed by atoms with Crippen LogP contribution in [0.2, 0.25) is 10.0 Å². The second-order valence-electron chi connectivity index (χ2n) is 6.64. The Morgan fingerprint density at radius 1 is 1.08 bits per heavy atom. The van der Waals surface area contributed by atoms with Gasteiger partial charge >= 0.3 is 0 Å². The molecule has 0 aromatic heterocycles. The summed E-state index contributed by atoms with van der Waals surface area (Å²) in [6.07, 6.45) is 0. The van der Waals surface area contributed by atoms with E-state index in [0.717, 1.165) is 37.3 Å². The van der Waals surface area contributed by atoms with Gasteiger partial charge in [0.2, 0.25) is 0 Å². The Morgan fingerprint density at radius 3 is 2.62 bits per heavy atom. The van der Waals surface area contributed by atoms with Gasteiger partial charge in [0.25, 0.3) is 5.91 Å². The molecule has 0 aliphatic carbocycles. The fourth-order valence-corrected chi connectivity index (χ4v) is 4.53. The van der Waals surface area contributed by atoms with Crippen LogP contribution in [0.5, 0.6) is 0 Å². The topological polar surface area (TPSA) is 32.3 Å². The third-order valence-electron chi connectivity index (χ3n) is 4.97. The highest BCUT2D eigenvalue weighted by Crippen LogP contribution is 2.36. The molecule has 2 aliphatic rings.